The molecule has 0 aromatic heterocycles. The normalized spacial score (nSPS) is 15.1. The fourth-order valence-corrected chi connectivity index (χ4v) is 4.70. The van der Waals surface area contributed by atoms with Crippen LogP contribution in [0.3, 0.4) is 0 Å². The number of carbonyl (C=O) groups excluding carboxylic acids is 2. The third kappa shape index (κ3) is 8.17. The lowest BCUT2D eigenvalue weighted by atomic mass is 9.95. The van der Waals surface area contributed by atoms with Gasteiger partial charge in [0.1, 0.15) is 5.82 Å². The van der Waals surface area contributed by atoms with E-state index >= 15 is 0 Å². The number of unbranched alkanes of at least 4 members (excludes halogenated alkanes) is 2. The second kappa shape index (κ2) is 14.0. The Morgan fingerprint density at radius 3 is 2.26 bits per heavy atom. The molecule has 2 amide bonds. The molecule has 1 aliphatic heterocycles. The van der Waals surface area contributed by atoms with E-state index in [4.69, 9.17) is 0 Å². The number of halogens is 1. The van der Waals surface area contributed by atoms with Gasteiger partial charge >= 0.3 is 0 Å². The Labute approximate surface area is 209 Å². The van der Waals surface area contributed by atoms with Crippen LogP contribution in [0.5, 0.6) is 0 Å². The quantitative estimate of drug-likeness (QED) is 0.398. The first-order chi connectivity index (χ1) is 17.0. The lowest BCUT2D eigenvalue weighted by Gasteiger charge is -2.37. The summed E-state index contributed by atoms with van der Waals surface area (Å²) in [6.07, 6.45) is 4.37. The standard InChI is InChI=1S/C29H40FN3O2/c1-3-5-7-12-28(34)33(23-24-13-15-26(30)16-14-24)22-19-31-17-20-32(21-18-31)29(35)27(4-2)25-10-8-6-9-11-25/h6,8-11,13-16,27H,3-5,7,12,17-23H2,1-2H3. The summed E-state index contributed by atoms with van der Waals surface area (Å²) in [6.45, 7) is 9.16. The van der Waals surface area contributed by atoms with Crippen LogP contribution < -0.4 is 0 Å². The Kier molecular flexibility index (Phi) is 10.7. The first-order valence-corrected chi connectivity index (χ1v) is 13.1. The third-order valence-electron chi connectivity index (χ3n) is 6.91. The summed E-state index contributed by atoms with van der Waals surface area (Å²) in [6, 6.07) is 16.4. The molecular weight excluding hydrogens is 441 g/mol. The van der Waals surface area contributed by atoms with Crippen molar-refractivity contribution < 1.29 is 14.0 Å². The number of piperazine rings is 1. The molecular formula is C29H40FN3O2. The summed E-state index contributed by atoms with van der Waals surface area (Å²) < 4.78 is 13.3. The molecule has 1 aliphatic rings. The number of hydrogen-bond acceptors (Lipinski definition) is 3. The molecule has 2 aromatic rings. The average Bonchev–Trinajstić information content (AvgIpc) is 2.89. The van der Waals surface area contributed by atoms with Gasteiger partial charge in [-0.1, -0.05) is 69.2 Å². The molecule has 0 bridgehead atoms. The van der Waals surface area contributed by atoms with Crippen LogP contribution >= 0.6 is 0 Å². The molecule has 1 heterocycles. The summed E-state index contributed by atoms with van der Waals surface area (Å²) in [5.74, 6) is 0.0156. The van der Waals surface area contributed by atoms with Crippen LogP contribution in [0.4, 0.5) is 4.39 Å². The van der Waals surface area contributed by atoms with Gasteiger partial charge in [-0.05, 0) is 36.1 Å². The minimum atomic E-state index is -0.264. The number of rotatable bonds is 12. The van der Waals surface area contributed by atoms with Crippen molar-refractivity contribution >= 4 is 11.8 Å². The molecule has 1 saturated heterocycles. The minimum absolute atomic E-state index is 0.0882. The highest BCUT2D eigenvalue weighted by atomic mass is 19.1. The van der Waals surface area contributed by atoms with Gasteiger partial charge < -0.3 is 9.80 Å². The lowest BCUT2D eigenvalue weighted by molar-refractivity contribution is -0.134. The van der Waals surface area contributed by atoms with Gasteiger partial charge in [0, 0.05) is 52.2 Å². The maximum atomic E-state index is 13.3. The van der Waals surface area contributed by atoms with E-state index in [0.717, 1.165) is 56.4 Å². The molecule has 1 atom stereocenters. The van der Waals surface area contributed by atoms with Crippen LogP contribution in [-0.2, 0) is 16.1 Å². The van der Waals surface area contributed by atoms with Crippen LogP contribution in [0.25, 0.3) is 0 Å². The maximum absolute atomic E-state index is 13.3. The summed E-state index contributed by atoms with van der Waals surface area (Å²) >= 11 is 0. The molecule has 0 radical (unpaired) electrons. The van der Waals surface area contributed by atoms with Crippen molar-refractivity contribution in [2.75, 3.05) is 39.3 Å². The van der Waals surface area contributed by atoms with Crippen molar-refractivity contribution in [3.63, 3.8) is 0 Å². The van der Waals surface area contributed by atoms with Crippen molar-refractivity contribution in [2.24, 2.45) is 0 Å². The molecule has 0 spiro atoms. The Bertz CT molecular complexity index is 911. The number of nitrogens with zero attached hydrogens (tertiary/aromatic N) is 3. The molecule has 2 aromatic carbocycles. The molecule has 1 unspecified atom stereocenters. The van der Waals surface area contributed by atoms with Gasteiger partial charge in [0.25, 0.3) is 0 Å². The zero-order valence-corrected chi connectivity index (χ0v) is 21.3. The second-order valence-electron chi connectivity index (χ2n) is 9.44. The van der Waals surface area contributed by atoms with E-state index in [1.807, 2.05) is 40.1 Å². The van der Waals surface area contributed by atoms with E-state index in [1.165, 1.54) is 12.1 Å². The first kappa shape index (κ1) is 26.9. The molecule has 190 valence electrons. The highest BCUT2D eigenvalue weighted by Gasteiger charge is 2.27. The monoisotopic (exact) mass is 481 g/mol. The van der Waals surface area contributed by atoms with E-state index < -0.39 is 0 Å². The number of amides is 2. The molecule has 0 saturated carbocycles. The van der Waals surface area contributed by atoms with E-state index in [2.05, 4.69) is 18.7 Å². The first-order valence-electron chi connectivity index (χ1n) is 13.1. The molecule has 0 N–H and O–H groups in total. The van der Waals surface area contributed by atoms with Gasteiger partial charge in [0.15, 0.2) is 0 Å². The van der Waals surface area contributed by atoms with Crippen LogP contribution in [-0.4, -0.2) is 65.8 Å². The van der Waals surface area contributed by atoms with Crippen LogP contribution in [0.2, 0.25) is 0 Å². The smallest absolute Gasteiger partial charge is 0.230 e. The minimum Gasteiger partial charge on any atom is -0.340 e. The van der Waals surface area contributed by atoms with Crippen molar-refractivity contribution in [2.45, 2.75) is 58.4 Å². The van der Waals surface area contributed by atoms with Crippen LogP contribution in [0.1, 0.15) is 63.0 Å². The molecule has 6 heteroatoms. The fourth-order valence-electron chi connectivity index (χ4n) is 4.70. The molecule has 5 nitrogen and oxygen atoms in total. The Morgan fingerprint density at radius 2 is 1.63 bits per heavy atom. The average molecular weight is 482 g/mol. The summed E-state index contributed by atoms with van der Waals surface area (Å²) in [5.41, 5.74) is 2.03. The molecule has 1 fully saturated rings. The van der Waals surface area contributed by atoms with Crippen molar-refractivity contribution in [3.8, 4) is 0 Å². The van der Waals surface area contributed by atoms with Crippen molar-refractivity contribution in [1.29, 1.82) is 0 Å². The maximum Gasteiger partial charge on any atom is 0.230 e. The Morgan fingerprint density at radius 1 is 0.943 bits per heavy atom. The SMILES string of the molecule is CCCCCC(=O)N(CCN1CCN(C(=O)C(CC)c2ccccc2)CC1)Cc1ccc(F)cc1. The predicted octanol–water partition coefficient (Wildman–Crippen LogP) is 5.07. The third-order valence-corrected chi connectivity index (χ3v) is 6.91. The fraction of sp³-hybridized carbons (Fsp3) is 0.517. The zero-order valence-electron chi connectivity index (χ0n) is 21.3. The number of hydrogen-bond donors (Lipinski definition) is 0. The molecule has 3 rings (SSSR count). The van der Waals surface area contributed by atoms with Crippen LogP contribution in [0, 0.1) is 5.82 Å². The van der Waals surface area contributed by atoms with E-state index in [-0.39, 0.29) is 23.5 Å². The van der Waals surface area contributed by atoms with Gasteiger partial charge in [-0.15, -0.1) is 0 Å². The van der Waals surface area contributed by atoms with Gasteiger partial charge in [0.05, 0.1) is 5.92 Å². The number of carbonyl (C=O) groups is 2. The van der Waals surface area contributed by atoms with E-state index in [9.17, 15) is 14.0 Å². The van der Waals surface area contributed by atoms with Gasteiger partial charge in [0.2, 0.25) is 11.8 Å². The largest absolute Gasteiger partial charge is 0.340 e. The predicted molar refractivity (Wildman–Crippen MR) is 138 cm³/mol. The van der Waals surface area contributed by atoms with Crippen molar-refractivity contribution in [3.05, 3.63) is 71.5 Å². The molecule has 0 aliphatic carbocycles. The van der Waals surface area contributed by atoms with Gasteiger partial charge in [-0.2, -0.15) is 0 Å². The number of benzene rings is 2. The Balaban J connectivity index is 1.53. The van der Waals surface area contributed by atoms with Crippen LogP contribution in [0.15, 0.2) is 54.6 Å². The Hall–Kier alpha value is -2.73. The summed E-state index contributed by atoms with van der Waals surface area (Å²) in [5, 5.41) is 0. The summed E-state index contributed by atoms with van der Waals surface area (Å²) in [7, 11) is 0. The van der Waals surface area contributed by atoms with E-state index in [0.29, 0.717) is 32.6 Å². The second-order valence-corrected chi connectivity index (χ2v) is 9.44. The van der Waals surface area contributed by atoms with Gasteiger partial charge in [-0.3, -0.25) is 14.5 Å². The van der Waals surface area contributed by atoms with Crippen molar-refractivity contribution in [1.82, 2.24) is 14.7 Å². The zero-order chi connectivity index (χ0) is 25.0. The van der Waals surface area contributed by atoms with Gasteiger partial charge in [-0.25, -0.2) is 4.39 Å². The van der Waals surface area contributed by atoms with E-state index in [1.54, 1.807) is 12.1 Å². The lowest BCUT2D eigenvalue weighted by Crippen LogP contribution is -2.51. The summed E-state index contributed by atoms with van der Waals surface area (Å²) in [4.78, 5) is 32.3. The highest BCUT2D eigenvalue weighted by Crippen LogP contribution is 2.22. The highest BCUT2D eigenvalue weighted by molar-refractivity contribution is 5.83. The molecule has 35 heavy (non-hydrogen) atoms. The topological polar surface area (TPSA) is 43.9 Å².